The van der Waals surface area contributed by atoms with Crippen LogP contribution < -0.4 is 0 Å². The van der Waals surface area contributed by atoms with Crippen molar-refractivity contribution in [1.29, 1.82) is 0 Å². The summed E-state index contributed by atoms with van der Waals surface area (Å²) < 4.78 is 0. The molecule has 0 saturated heterocycles. The van der Waals surface area contributed by atoms with Crippen molar-refractivity contribution in [2.24, 2.45) is 0 Å². The monoisotopic (exact) mass is 362 g/mol. The Balaban J connectivity index is 3.10. The maximum Gasteiger partial charge on any atom is 0.0770 e. The molecule has 0 nitrogen and oxygen atoms in total. The van der Waals surface area contributed by atoms with E-state index in [4.69, 9.17) is 0 Å². The van der Waals surface area contributed by atoms with Crippen LogP contribution in [-0.2, 0) is 0 Å². The molecule has 0 aliphatic heterocycles. The van der Waals surface area contributed by atoms with Gasteiger partial charge in [-0.2, -0.15) is 0 Å². The highest BCUT2D eigenvalue weighted by molar-refractivity contribution is 6.85. The lowest BCUT2D eigenvalue weighted by atomic mass is 9.92. The molecule has 0 radical (unpaired) electrons. The van der Waals surface area contributed by atoms with Crippen LogP contribution in [0.5, 0.6) is 0 Å². The van der Waals surface area contributed by atoms with Crippen LogP contribution in [0, 0.1) is 0 Å². The van der Waals surface area contributed by atoms with Crippen molar-refractivity contribution in [1.82, 2.24) is 0 Å². The van der Waals surface area contributed by atoms with Gasteiger partial charge in [0.15, 0.2) is 0 Å². The Bertz CT molecular complexity index is 469. The topological polar surface area (TPSA) is 0 Å². The Morgan fingerprint density at radius 1 is 0.625 bits per heavy atom. The second kappa shape index (κ2) is 7.49. The number of rotatable bonds is 4. The molecule has 0 bridgehead atoms. The van der Waals surface area contributed by atoms with Crippen LogP contribution in [0.15, 0.2) is 34.7 Å². The van der Waals surface area contributed by atoms with Crippen molar-refractivity contribution in [2.45, 2.75) is 103 Å². The van der Waals surface area contributed by atoms with Gasteiger partial charge < -0.3 is 0 Å². The van der Waals surface area contributed by atoms with Gasteiger partial charge in [0.1, 0.15) is 0 Å². The molecule has 0 fully saturated rings. The molecule has 0 spiro atoms. The van der Waals surface area contributed by atoms with E-state index >= 15 is 0 Å². The van der Waals surface area contributed by atoms with Crippen molar-refractivity contribution >= 4 is 16.1 Å². The molecule has 1 aliphatic rings. The smallest absolute Gasteiger partial charge is 0.0770 e. The molecule has 0 saturated carbocycles. The maximum atomic E-state index is 2.59. The molecule has 24 heavy (non-hydrogen) atoms. The summed E-state index contributed by atoms with van der Waals surface area (Å²) in [5, 5.41) is 0.853. The highest BCUT2D eigenvalue weighted by Gasteiger charge is 2.33. The summed E-state index contributed by atoms with van der Waals surface area (Å²) in [6.45, 7) is 24.4. The van der Waals surface area contributed by atoms with Gasteiger partial charge in [0.25, 0.3) is 0 Å². The van der Waals surface area contributed by atoms with E-state index in [1.54, 1.807) is 11.1 Å². The zero-order valence-electron chi connectivity index (χ0n) is 18.1. The predicted molar refractivity (Wildman–Crippen MR) is 118 cm³/mol. The molecule has 0 aromatic carbocycles. The van der Waals surface area contributed by atoms with Crippen molar-refractivity contribution in [3.63, 3.8) is 0 Å². The van der Waals surface area contributed by atoms with E-state index in [2.05, 4.69) is 91.3 Å². The van der Waals surface area contributed by atoms with E-state index in [0.717, 1.165) is 0 Å². The molecule has 0 atom stereocenters. The minimum atomic E-state index is -1.34. The first-order valence-corrected chi connectivity index (χ1v) is 15.9. The molecule has 1 aliphatic carbocycles. The summed E-state index contributed by atoms with van der Waals surface area (Å²) in [7, 11) is -2.68. The van der Waals surface area contributed by atoms with E-state index in [-0.39, 0.29) is 0 Å². The number of hydrogen-bond acceptors (Lipinski definition) is 0. The number of allylic oxidation sites excluding steroid dienone is 4. The standard InChI is InChI=1S/C22H42Si2/c1-21(2,3)23(7,8)17-15-19-13-11-12-14-20(19)16-18-24(9,10)22(4,5)6/h15-18H,11-14H2,1-10H3/b17-15+,18-16+. The lowest BCUT2D eigenvalue weighted by molar-refractivity contribution is 0.692. The van der Waals surface area contributed by atoms with Crippen LogP contribution in [0.1, 0.15) is 67.2 Å². The van der Waals surface area contributed by atoms with E-state index in [9.17, 15) is 0 Å². The zero-order valence-corrected chi connectivity index (χ0v) is 20.1. The lowest BCUT2D eigenvalue weighted by Gasteiger charge is -2.35. The Labute approximate surface area is 154 Å². The van der Waals surface area contributed by atoms with Crippen molar-refractivity contribution < 1.29 is 0 Å². The summed E-state index contributed by atoms with van der Waals surface area (Å²) in [6, 6.07) is 0. The van der Waals surface area contributed by atoms with Gasteiger partial charge in [0, 0.05) is 0 Å². The molecular weight excluding hydrogens is 320 g/mol. The van der Waals surface area contributed by atoms with Crippen LogP contribution in [0.25, 0.3) is 0 Å². The molecule has 0 aromatic heterocycles. The fraction of sp³-hybridized carbons (Fsp3) is 0.727. The Morgan fingerprint density at radius 2 is 0.917 bits per heavy atom. The third kappa shape index (κ3) is 5.59. The van der Waals surface area contributed by atoms with Gasteiger partial charge in [-0.3, -0.25) is 0 Å². The molecule has 0 aromatic rings. The Kier molecular flexibility index (Phi) is 6.77. The highest BCUT2D eigenvalue weighted by Crippen LogP contribution is 2.39. The van der Waals surface area contributed by atoms with Crippen LogP contribution in [-0.4, -0.2) is 16.1 Å². The first-order chi connectivity index (χ1) is 10.7. The first-order valence-electron chi connectivity index (χ1n) is 9.78. The van der Waals surface area contributed by atoms with Crippen molar-refractivity contribution in [3.8, 4) is 0 Å². The van der Waals surface area contributed by atoms with Gasteiger partial charge in [0.05, 0.1) is 16.1 Å². The van der Waals surface area contributed by atoms with E-state index in [1.165, 1.54) is 25.7 Å². The van der Waals surface area contributed by atoms with Crippen LogP contribution in [0.3, 0.4) is 0 Å². The number of hydrogen-bond donors (Lipinski definition) is 0. The van der Waals surface area contributed by atoms with Crippen LogP contribution in [0.2, 0.25) is 36.3 Å². The van der Waals surface area contributed by atoms with E-state index in [0.29, 0.717) is 10.1 Å². The van der Waals surface area contributed by atoms with Crippen molar-refractivity contribution in [2.75, 3.05) is 0 Å². The van der Waals surface area contributed by atoms with Crippen LogP contribution in [0.4, 0.5) is 0 Å². The molecule has 2 heteroatoms. The van der Waals surface area contributed by atoms with E-state index < -0.39 is 16.1 Å². The largest absolute Gasteiger partial charge is 0.0940 e. The average Bonchev–Trinajstić information content (AvgIpc) is 2.41. The predicted octanol–water partition coefficient (Wildman–Crippen LogP) is 8.06. The molecule has 138 valence electrons. The van der Waals surface area contributed by atoms with Crippen molar-refractivity contribution in [3.05, 3.63) is 34.7 Å². The Hall–Kier alpha value is -0.346. The molecule has 0 N–H and O–H groups in total. The van der Waals surface area contributed by atoms with Gasteiger partial charge in [-0.25, -0.2) is 0 Å². The maximum absolute atomic E-state index is 2.59. The molecule has 0 unspecified atom stereocenters. The summed E-state index contributed by atoms with van der Waals surface area (Å²) in [4.78, 5) is 0. The van der Waals surface area contributed by atoms with Gasteiger partial charge in [-0.15, -0.1) is 0 Å². The third-order valence-corrected chi connectivity index (χ3v) is 16.6. The van der Waals surface area contributed by atoms with Gasteiger partial charge >= 0.3 is 0 Å². The zero-order chi connectivity index (χ0) is 18.8. The highest BCUT2D eigenvalue weighted by atomic mass is 28.3. The summed E-state index contributed by atoms with van der Waals surface area (Å²) in [6.07, 6.45) is 10.2. The summed E-state index contributed by atoms with van der Waals surface area (Å²) in [5.41, 5.74) is 8.41. The molecule has 0 amide bonds. The Morgan fingerprint density at radius 3 is 1.17 bits per heavy atom. The second-order valence-electron chi connectivity index (χ2n) is 10.9. The van der Waals surface area contributed by atoms with Crippen LogP contribution >= 0.6 is 0 Å². The molecule has 0 heterocycles. The fourth-order valence-electron chi connectivity index (χ4n) is 2.45. The first kappa shape index (κ1) is 21.7. The fourth-order valence-corrected chi connectivity index (χ4v) is 4.69. The minimum absolute atomic E-state index is 0.426. The van der Waals surface area contributed by atoms with Gasteiger partial charge in [0.2, 0.25) is 0 Å². The summed E-state index contributed by atoms with van der Waals surface area (Å²) in [5.74, 6) is 0. The third-order valence-electron chi connectivity index (χ3n) is 6.82. The summed E-state index contributed by atoms with van der Waals surface area (Å²) >= 11 is 0. The molecule has 1 rings (SSSR count). The normalized spacial score (nSPS) is 18.9. The van der Waals surface area contributed by atoms with E-state index in [1.807, 2.05) is 0 Å². The van der Waals surface area contributed by atoms with Gasteiger partial charge in [-0.05, 0) is 46.9 Å². The quantitative estimate of drug-likeness (QED) is 0.443. The average molecular weight is 363 g/mol. The lowest BCUT2D eigenvalue weighted by Crippen LogP contribution is -2.35. The SMILES string of the molecule is CC(C)(C)[Si](C)(C)/C=C/C1=C(/C=C/[Si](C)(C)C(C)(C)C)CCCC1. The van der Waals surface area contributed by atoms with Gasteiger partial charge in [-0.1, -0.05) is 91.3 Å². The minimum Gasteiger partial charge on any atom is -0.0940 e. The second-order valence-corrected chi connectivity index (χ2v) is 21.4. The molecular formula is C22H42Si2.